The summed E-state index contributed by atoms with van der Waals surface area (Å²) in [5.41, 5.74) is 0.573. The van der Waals surface area contributed by atoms with Crippen molar-refractivity contribution in [2.45, 2.75) is 53.4 Å². The lowest BCUT2D eigenvalue weighted by atomic mass is 9.74. The van der Waals surface area contributed by atoms with Crippen LogP contribution in [0.2, 0.25) is 0 Å². The molecule has 0 N–H and O–H groups in total. The molecule has 1 aliphatic rings. The van der Waals surface area contributed by atoms with Gasteiger partial charge < -0.3 is 0 Å². The summed E-state index contributed by atoms with van der Waals surface area (Å²) in [5.74, 6) is 7.77. The van der Waals surface area contributed by atoms with Gasteiger partial charge in [0.1, 0.15) is 0 Å². The van der Waals surface area contributed by atoms with Crippen molar-refractivity contribution in [2.75, 3.05) is 0 Å². The lowest BCUT2D eigenvalue weighted by molar-refractivity contribution is 0.206. The monoisotopic (exact) mass is 178 g/mol. The van der Waals surface area contributed by atoms with Crippen LogP contribution < -0.4 is 0 Å². The zero-order chi connectivity index (χ0) is 9.90. The molecule has 0 saturated heterocycles. The zero-order valence-electron chi connectivity index (χ0n) is 9.48. The number of hydrogen-bond donors (Lipinski definition) is 0. The van der Waals surface area contributed by atoms with E-state index in [0.29, 0.717) is 11.3 Å². The molecule has 0 radical (unpaired) electrons. The highest BCUT2D eigenvalue weighted by atomic mass is 14.4. The van der Waals surface area contributed by atoms with Crippen LogP contribution in [-0.4, -0.2) is 0 Å². The van der Waals surface area contributed by atoms with Gasteiger partial charge in [-0.3, -0.25) is 0 Å². The van der Waals surface area contributed by atoms with Crippen molar-refractivity contribution < 1.29 is 0 Å². The second kappa shape index (κ2) is 4.18. The molecule has 0 heterocycles. The first kappa shape index (κ1) is 10.6. The maximum Gasteiger partial charge on any atom is 0.0179 e. The molecule has 74 valence electrons. The van der Waals surface area contributed by atoms with Gasteiger partial charge in [0.15, 0.2) is 0 Å². The predicted octanol–water partition coefficient (Wildman–Crippen LogP) is 3.86. The summed E-state index contributed by atoms with van der Waals surface area (Å²) in [7, 11) is 0. The van der Waals surface area contributed by atoms with E-state index >= 15 is 0 Å². The first-order valence-electron chi connectivity index (χ1n) is 5.51. The van der Waals surface area contributed by atoms with Gasteiger partial charge in [0.2, 0.25) is 0 Å². The second-order valence-electron chi connectivity index (χ2n) is 4.95. The fraction of sp³-hybridized carbons (Fsp3) is 0.846. The van der Waals surface area contributed by atoms with Crippen LogP contribution in [0.15, 0.2) is 0 Å². The Morgan fingerprint density at radius 2 is 2.23 bits per heavy atom. The van der Waals surface area contributed by atoms with Crippen LogP contribution in [-0.2, 0) is 0 Å². The van der Waals surface area contributed by atoms with Gasteiger partial charge in [-0.1, -0.05) is 33.6 Å². The molecule has 0 nitrogen and oxygen atoms in total. The SMILES string of the molecule is CC#CC(C)CC1(C)CCCC1C. The minimum absolute atomic E-state index is 0.573. The fourth-order valence-electron chi connectivity index (χ4n) is 2.71. The van der Waals surface area contributed by atoms with Crippen LogP contribution in [0, 0.1) is 29.1 Å². The Labute approximate surface area is 83.1 Å². The van der Waals surface area contributed by atoms with E-state index < -0.39 is 0 Å². The largest absolute Gasteiger partial charge is 0.106 e. The number of hydrogen-bond acceptors (Lipinski definition) is 0. The molecule has 1 rings (SSSR count). The highest BCUT2D eigenvalue weighted by Crippen LogP contribution is 2.46. The van der Waals surface area contributed by atoms with E-state index in [0.717, 1.165) is 5.92 Å². The average molecular weight is 178 g/mol. The molecule has 3 atom stereocenters. The van der Waals surface area contributed by atoms with Crippen LogP contribution in [0.1, 0.15) is 53.4 Å². The molecule has 0 aliphatic heterocycles. The lowest BCUT2D eigenvalue weighted by Gasteiger charge is -2.30. The topological polar surface area (TPSA) is 0 Å². The molecule has 1 fully saturated rings. The first-order valence-corrected chi connectivity index (χ1v) is 5.51. The number of rotatable bonds is 2. The van der Waals surface area contributed by atoms with Crippen LogP contribution in [0.4, 0.5) is 0 Å². The summed E-state index contributed by atoms with van der Waals surface area (Å²) >= 11 is 0. The van der Waals surface area contributed by atoms with Crippen molar-refractivity contribution in [2.24, 2.45) is 17.3 Å². The maximum atomic E-state index is 3.27. The van der Waals surface area contributed by atoms with E-state index in [-0.39, 0.29) is 0 Å². The van der Waals surface area contributed by atoms with Gasteiger partial charge in [0.25, 0.3) is 0 Å². The standard InChI is InChI=1S/C13H22/c1-5-7-11(2)10-13(4)9-6-8-12(13)3/h11-12H,6,8-10H2,1-4H3. The second-order valence-corrected chi connectivity index (χ2v) is 4.95. The van der Waals surface area contributed by atoms with Crippen molar-refractivity contribution in [1.82, 2.24) is 0 Å². The van der Waals surface area contributed by atoms with Crippen LogP contribution in [0.3, 0.4) is 0 Å². The van der Waals surface area contributed by atoms with E-state index in [1.54, 1.807) is 0 Å². The quantitative estimate of drug-likeness (QED) is 0.563. The molecule has 0 aromatic heterocycles. The van der Waals surface area contributed by atoms with Gasteiger partial charge in [0, 0.05) is 5.92 Å². The van der Waals surface area contributed by atoms with Crippen LogP contribution in [0.25, 0.3) is 0 Å². The van der Waals surface area contributed by atoms with Crippen molar-refractivity contribution in [3.05, 3.63) is 0 Å². The Bertz CT molecular complexity index is 218. The van der Waals surface area contributed by atoms with Gasteiger partial charge in [-0.25, -0.2) is 0 Å². The molecule has 1 saturated carbocycles. The Hall–Kier alpha value is -0.440. The maximum absolute atomic E-state index is 3.27. The van der Waals surface area contributed by atoms with E-state index in [2.05, 4.69) is 32.6 Å². The fourth-order valence-corrected chi connectivity index (χ4v) is 2.71. The van der Waals surface area contributed by atoms with E-state index in [9.17, 15) is 0 Å². The van der Waals surface area contributed by atoms with Crippen LogP contribution in [0.5, 0.6) is 0 Å². The molecular formula is C13H22. The molecule has 3 unspecified atom stereocenters. The van der Waals surface area contributed by atoms with E-state index in [4.69, 9.17) is 0 Å². The molecule has 0 bridgehead atoms. The Morgan fingerprint density at radius 3 is 2.69 bits per heavy atom. The Kier molecular flexibility index (Phi) is 3.42. The zero-order valence-corrected chi connectivity index (χ0v) is 9.48. The van der Waals surface area contributed by atoms with Gasteiger partial charge in [-0.15, -0.1) is 11.8 Å². The summed E-state index contributed by atoms with van der Waals surface area (Å²) in [5, 5.41) is 0. The van der Waals surface area contributed by atoms with Crippen molar-refractivity contribution in [1.29, 1.82) is 0 Å². The van der Waals surface area contributed by atoms with Gasteiger partial charge >= 0.3 is 0 Å². The average Bonchev–Trinajstić information content (AvgIpc) is 2.32. The molecule has 1 aliphatic carbocycles. The van der Waals surface area contributed by atoms with E-state index in [1.807, 2.05) is 6.92 Å². The highest BCUT2D eigenvalue weighted by Gasteiger charge is 2.36. The summed E-state index contributed by atoms with van der Waals surface area (Å²) in [4.78, 5) is 0. The van der Waals surface area contributed by atoms with Crippen LogP contribution >= 0.6 is 0 Å². The summed E-state index contributed by atoms with van der Waals surface area (Å²) < 4.78 is 0. The third-order valence-electron chi connectivity index (χ3n) is 3.74. The Balaban J connectivity index is 2.54. The van der Waals surface area contributed by atoms with E-state index in [1.165, 1.54) is 25.7 Å². The van der Waals surface area contributed by atoms with Gasteiger partial charge in [0.05, 0.1) is 0 Å². The Morgan fingerprint density at radius 1 is 1.54 bits per heavy atom. The van der Waals surface area contributed by atoms with Gasteiger partial charge in [-0.2, -0.15) is 0 Å². The third-order valence-corrected chi connectivity index (χ3v) is 3.74. The molecule has 0 spiro atoms. The summed E-state index contributed by atoms with van der Waals surface area (Å²) in [6, 6.07) is 0. The van der Waals surface area contributed by atoms with Crippen molar-refractivity contribution in [3.8, 4) is 11.8 Å². The molecule has 0 aromatic carbocycles. The summed E-state index contributed by atoms with van der Waals surface area (Å²) in [6.45, 7) is 9.04. The molecule has 0 amide bonds. The predicted molar refractivity (Wildman–Crippen MR) is 58.4 cm³/mol. The first-order chi connectivity index (χ1) is 6.08. The minimum atomic E-state index is 0.573. The molecule has 0 heteroatoms. The van der Waals surface area contributed by atoms with Crippen molar-refractivity contribution in [3.63, 3.8) is 0 Å². The lowest BCUT2D eigenvalue weighted by Crippen LogP contribution is -2.21. The molecule has 0 aromatic rings. The summed E-state index contributed by atoms with van der Waals surface area (Å²) in [6.07, 6.45) is 5.53. The molecular weight excluding hydrogens is 156 g/mol. The third kappa shape index (κ3) is 2.50. The van der Waals surface area contributed by atoms with Crippen molar-refractivity contribution >= 4 is 0 Å². The van der Waals surface area contributed by atoms with Gasteiger partial charge in [-0.05, 0) is 31.1 Å². The smallest absolute Gasteiger partial charge is 0.0179 e. The highest BCUT2D eigenvalue weighted by molar-refractivity contribution is 5.02. The normalized spacial score (nSPS) is 35.2. The molecule has 13 heavy (non-hydrogen) atoms. The minimum Gasteiger partial charge on any atom is -0.106 e.